The summed E-state index contributed by atoms with van der Waals surface area (Å²) in [5.41, 5.74) is 0. The van der Waals surface area contributed by atoms with Crippen LogP contribution in [0.5, 0.6) is 0 Å². The van der Waals surface area contributed by atoms with Crippen molar-refractivity contribution in [2.75, 3.05) is 20.3 Å². The normalized spacial score (nSPS) is 25.2. The molecule has 0 aromatic heterocycles. The number of nitrogens with one attached hydrogen (secondary N) is 1. The van der Waals surface area contributed by atoms with Gasteiger partial charge in [0, 0.05) is 19.8 Å². The molecule has 1 aliphatic carbocycles. The van der Waals surface area contributed by atoms with Crippen LogP contribution in [0, 0.1) is 17.2 Å². The van der Waals surface area contributed by atoms with E-state index in [1.165, 1.54) is 38.5 Å². The molecule has 0 aromatic rings. The second-order valence-corrected chi connectivity index (χ2v) is 4.99. The van der Waals surface area contributed by atoms with Crippen LogP contribution >= 0.6 is 0 Å². The van der Waals surface area contributed by atoms with E-state index in [0.29, 0.717) is 6.04 Å². The summed E-state index contributed by atoms with van der Waals surface area (Å²) in [5, 5.41) is 12.7. The van der Waals surface area contributed by atoms with E-state index < -0.39 is 0 Å². The fourth-order valence-corrected chi connectivity index (χ4v) is 2.54. The van der Waals surface area contributed by atoms with Gasteiger partial charge in [-0.3, -0.25) is 0 Å². The minimum atomic E-state index is 0.233. The van der Waals surface area contributed by atoms with E-state index in [2.05, 4.69) is 11.4 Å². The summed E-state index contributed by atoms with van der Waals surface area (Å²) in [6.07, 6.45) is 9.61. The van der Waals surface area contributed by atoms with Gasteiger partial charge in [0.25, 0.3) is 0 Å². The molecule has 0 heterocycles. The lowest BCUT2D eigenvalue weighted by molar-refractivity contribution is 0.192. The Hall–Kier alpha value is -0.590. The van der Waals surface area contributed by atoms with Gasteiger partial charge >= 0.3 is 0 Å². The molecule has 0 radical (unpaired) electrons. The van der Waals surface area contributed by atoms with Crippen molar-refractivity contribution in [1.29, 1.82) is 5.26 Å². The zero-order chi connectivity index (χ0) is 12.3. The Kier molecular flexibility index (Phi) is 8.04. The number of methoxy groups -OCH3 is 1. The fourth-order valence-electron chi connectivity index (χ4n) is 2.54. The maximum absolute atomic E-state index is 9.15. The summed E-state index contributed by atoms with van der Waals surface area (Å²) in [6.45, 7) is 1.91. The number of ether oxygens (including phenoxy) is 1. The lowest BCUT2D eigenvalue weighted by Crippen LogP contribution is -2.35. The number of unbranched alkanes of at least 4 members (excludes halogenated alkanes) is 2. The van der Waals surface area contributed by atoms with Gasteiger partial charge < -0.3 is 10.1 Å². The summed E-state index contributed by atoms with van der Waals surface area (Å²) >= 11 is 0. The van der Waals surface area contributed by atoms with Crippen molar-refractivity contribution in [2.24, 2.45) is 5.92 Å². The summed E-state index contributed by atoms with van der Waals surface area (Å²) in [4.78, 5) is 0. The molecule has 2 unspecified atom stereocenters. The smallest absolute Gasteiger partial charge is 0.0672 e. The molecule has 0 bridgehead atoms. The number of nitrogens with zero attached hydrogens (tertiary/aromatic N) is 1. The third kappa shape index (κ3) is 6.05. The van der Waals surface area contributed by atoms with Crippen LogP contribution in [-0.4, -0.2) is 26.3 Å². The van der Waals surface area contributed by atoms with Crippen LogP contribution in [0.15, 0.2) is 0 Å². The van der Waals surface area contributed by atoms with Gasteiger partial charge in [-0.2, -0.15) is 5.26 Å². The molecule has 0 spiro atoms. The van der Waals surface area contributed by atoms with Crippen molar-refractivity contribution in [3.63, 3.8) is 0 Å². The highest BCUT2D eigenvalue weighted by atomic mass is 16.5. The highest BCUT2D eigenvalue weighted by Gasteiger charge is 2.22. The van der Waals surface area contributed by atoms with Crippen LogP contribution in [0.1, 0.15) is 51.4 Å². The minimum absolute atomic E-state index is 0.233. The molecule has 98 valence electrons. The van der Waals surface area contributed by atoms with Crippen LogP contribution in [-0.2, 0) is 4.74 Å². The van der Waals surface area contributed by atoms with Gasteiger partial charge in [0.15, 0.2) is 0 Å². The molecule has 3 heteroatoms. The molecule has 3 nitrogen and oxygen atoms in total. The van der Waals surface area contributed by atoms with Crippen LogP contribution in [0.25, 0.3) is 0 Å². The Morgan fingerprint density at radius 1 is 1.18 bits per heavy atom. The van der Waals surface area contributed by atoms with E-state index >= 15 is 0 Å². The first kappa shape index (κ1) is 14.5. The van der Waals surface area contributed by atoms with Crippen molar-refractivity contribution in [1.82, 2.24) is 5.32 Å². The first-order valence-corrected chi connectivity index (χ1v) is 7.00. The molecule has 0 aliphatic heterocycles. The lowest BCUT2D eigenvalue weighted by atomic mass is 9.96. The largest absolute Gasteiger partial charge is 0.385 e. The van der Waals surface area contributed by atoms with E-state index in [9.17, 15) is 0 Å². The van der Waals surface area contributed by atoms with Crippen LogP contribution < -0.4 is 5.32 Å². The third-order valence-corrected chi connectivity index (χ3v) is 3.61. The van der Waals surface area contributed by atoms with Gasteiger partial charge in [0.05, 0.1) is 12.0 Å². The first-order valence-electron chi connectivity index (χ1n) is 7.00. The van der Waals surface area contributed by atoms with Crippen molar-refractivity contribution in [3.05, 3.63) is 0 Å². The molecule has 1 fully saturated rings. The van der Waals surface area contributed by atoms with E-state index in [1.807, 2.05) is 0 Å². The Bertz CT molecular complexity index is 225. The topological polar surface area (TPSA) is 45.0 Å². The van der Waals surface area contributed by atoms with Gasteiger partial charge in [-0.25, -0.2) is 0 Å². The summed E-state index contributed by atoms with van der Waals surface area (Å²) in [5.74, 6) is 0.233. The Morgan fingerprint density at radius 3 is 2.76 bits per heavy atom. The molecule has 1 N–H and O–H groups in total. The molecule has 1 rings (SSSR count). The van der Waals surface area contributed by atoms with Gasteiger partial charge in [-0.05, 0) is 38.6 Å². The number of hydrogen-bond acceptors (Lipinski definition) is 3. The highest BCUT2D eigenvalue weighted by molar-refractivity contribution is 4.93. The van der Waals surface area contributed by atoms with Gasteiger partial charge in [0.2, 0.25) is 0 Å². The Labute approximate surface area is 106 Å². The molecule has 0 saturated heterocycles. The average Bonchev–Trinajstić information content (AvgIpc) is 2.58. The quantitative estimate of drug-likeness (QED) is 0.548. The van der Waals surface area contributed by atoms with Crippen molar-refractivity contribution in [2.45, 2.75) is 57.4 Å². The number of hydrogen-bond donors (Lipinski definition) is 1. The van der Waals surface area contributed by atoms with Crippen molar-refractivity contribution in [3.8, 4) is 6.07 Å². The third-order valence-electron chi connectivity index (χ3n) is 3.61. The molecule has 1 saturated carbocycles. The van der Waals surface area contributed by atoms with Crippen LogP contribution in [0.3, 0.4) is 0 Å². The molecule has 0 amide bonds. The van der Waals surface area contributed by atoms with E-state index in [4.69, 9.17) is 10.00 Å². The maximum Gasteiger partial charge on any atom is 0.0672 e. The van der Waals surface area contributed by atoms with Gasteiger partial charge in [-0.1, -0.05) is 19.3 Å². The van der Waals surface area contributed by atoms with Gasteiger partial charge in [-0.15, -0.1) is 0 Å². The average molecular weight is 238 g/mol. The van der Waals surface area contributed by atoms with Gasteiger partial charge in [0.1, 0.15) is 0 Å². The predicted octanol–water partition coefficient (Wildman–Crippen LogP) is 2.87. The maximum atomic E-state index is 9.15. The SMILES string of the molecule is COCCCCCNC1CCCCCC1C#N. The van der Waals surface area contributed by atoms with Crippen LogP contribution in [0.4, 0.5) is 0 Å². The van der Waals surface area contributed by atoms with E-state index in [1.54, 1.807) is 7.11 Å². The summed E-state index contributed by atoms with van der Waals surface area (Å²) in [7, 11) is 1.75. The minimum Gasteiger partial charge on any atom is -0.385 e. The zero-order valence-electron chi connectivity index (χ0n) is 11.1. The molecule has 2 atom stereocenters. The fraction of sp³-hybridized carbons (Fsp3) is 0.929. The summed E-state index contributed by atoms with van der Waals surface area (Å²) < 4.78 is 5.03. The van der Waals surface area contributed by atoms with Crippen molar-refractivity contribution < 1.29 is 4.74 Å². The second-order valence-electron chi connectivity index (χ2n) is 4.99. The standard InChI is InChI=1S/C14H26N2O/c1-17-11-7-3-6-10-16-14-9-5-2-4-8-13(14)12-15/h13-14,16H,2-11H2,1H3. The monoisotopic (exact) mass is 238 g/mol. The highest BCUT2D eigenvalue weighted by Crippen LogP contribution is 2.22. The first-order chi connectivity index (χ1) is 8.38. The van der Waals surface area contributed by atoms with E-state index in [-0.39, 0.29) is 5.92 Å². The Balaban J connectivity index is 2.13. The zero-order valence-corrected chi connectivity index (χ0v) is 11.1. The molecule has 0 aromatic carbocycles. The molecular formula is C14H26N2O. The lowest BCUT2D eigenvalue weighted by Gasteiger charge is -2.20. The number of rotatable bonds is 7. The van der Waals surface area contributed by atoms with Crippen molar-refractivity contribution >= 4 is 0 Å². The second kappa shape index (κ2) is 9.44. The predicted molar refractivity (Wildman–Crippen MR) is 69.7 cm³/mol. The molecule has 1 aliphatic rings. The van der Waals surface area contributed by atoms with Crippen LogP contribution in [0.2, 0.25) is 0 Å². The summed E-state index contributed by atoms with van der Waals surface area (Å²) in [6, 6.07) is 2.91. The number of nitriles is 1. The van der Waals surface area contributed by atoms with E-state index in [0.717, 1.165) is 26.0 Å². The molecular weight excluding hydrogens is 212 g/mol. The molecule has 17 heavy (non-hydrogen) atoms. The Morgan fingerprint density at radius 2 is 2.00 bits per heavy atom.